The number of likely N-dealkylation sites (tertiary alicyclic amines) is 1. The van der Waals surface area contributed by atoms with E-state index in [0.717, 1.165) is 32.5 Å². The molecular formula is C11H21NO3. The highest BCUT2D eigenvalue weighted by Crippen LogP contribution is 2.28. The topological polar surface area (TPSA) is 49.8 Å². The quantitative estimate of drug-likeness (QED) is 0.699. The van der Waals surface area contributed by atoms with Gasteiger partial charge in [0.25, 0.3) is 0 Å². The van der Waals surface area contributed by atoms with Gasteiger partial charge >= 0.3 is 5.97 Å². The Kier molecular flexibility index (Phi) is 4.54. The third kappa shape index (κ3) is 3.80. The van der Waals surface area contributed by atoms with Gasteiger partial charge in [-0.3, -0.25) is 4.79 Å². The lowest BCUT2D eigenvalue weighted by Gasteiger charge is -2.39. The van der Waals surface area contributed by atoms with Crippen molar-refractivity contribution in [3.8, 4) is 0 Å². The number of carbonyl (C=O) groups is 1. The summed E-state index contributed by atoms with van der Waals surface area (Å²) in [7, 11) is 1.41. The number of hydrogen-bond donors (Lipinski definition) is 1. The smallest absolute Gasteiger partial charge is 0.306 e. The minimum Gasteiger partial charge on any atom is -0.469 e. The molecule has 88 valence electrons. The van der Waals surface area contributed by atoms with Crippen LogP contribution in [0.15, 0.2) is 0 Å². The van der Waals surface area contributed by atoms with Crippen molar-refractivity contribution in [2.75, 3.05) is 33.4 Å². The van der Waals surface area contributed by atoms with E-state index in [4.69, 9.17) is 0 Å². The fourth-order valence-corrected chi connectivity index (χ4v) is 2.10. The van der Waals surface area contributed by atoms with E-state index in [0.29, 0.717) is 6.42 Å². The van der Waals surface area contributed by atoms with Crippen LogP contribution in [0.1, 0.15) is 26.2 Å². The van der Waals surface area contributed by atoms with Gasteiger partial charge in [-0.25, -0.2) is 0 Å². The van der Waals surface area contributed by atoms with Crippen molar-refractivity contribution in [1.82, 2.24) is 4.90 Å². The predicted molar refractivity (Wildman–Crippen MR) is 57.5 cm³/mol. The molecule has 0 aromatic carbocycles. The molecular weight excluding hydrogens is 194 g/mol. The largest absolute Gasteiger partial charge is 0.469 e. The summed E-state index contributed by atoms with van der Waals surface area (Å²) >= 11 is 0. The van der Waals surface area contributed by atoms with Crippen molar-refractivity contribution in [2.24, 2.45) is 5.41 Å². The number of carbonyl (C=O) groups excluding carboxylic acids is 1. The zero-order valence-electron chi connectivity index (χ0n) is 9.66. The molecule has 0 spiro atoms. The Bertz CT molecular complexity index is 220. The van der Waals surface area contributed by atoms with Crippen LogP contribution in [0.25, 0.3) is 0 Å². The zero-order valence-corrected chi connectivity index (χ0v) is 9.66. The Morgan fingerprint density at radius 2 is 2.33 bits per heavy atom. The second-order valence-corrected chi connectivity index (χ2v) is 4.67. The minimum absolute atomic E-state index is 0.00830. The maximum absolute atomic E-state index is 11.0. The van der Waals surface area contributed by atoms with Crippen LogP contribution in [0.5, 0.6) is 0 Å². The SMILES string of the molecule is COC(=O)CCN1CCCC(C)(CO)C1. The van der Waals surface area contributed by atoms with E-state index in [1.165, 1.54) is 7.11 Å². The van der Waals surface area contributed by atoms with Crippen LogP contribution < -0.4 is 0 Å². The molecule has 0 aromatic heterocycles. The molecule has 0 radical (unpaired) electrons. The predicted octanol–water partition coefficient (Wildman–Crippen LogP) is 0.644. The number of methoxy groups -OCH3 is 1. The van der Waals surface area contributed by atoms with Crippen molar-refractivity contribution in [2.45, 2.75) is 26.2 Å². The number of esters is 1. The standard InChI is InChI=1S/C11H21NO3/c1-11(9-13)5-3-6-12(8-11)7-4-10(14)15-2/h13H,3-9H2,1-2H3. The van der Waals surface area contributed by atoms with E-state index in [9.17, 15) is 9.90 Å². The van der Waals surface area contributed by atoms with E-state index >= 15 is 0 Å². The van der Waals surface area contributed by atoms with E-state index in [1.54, 1.807) is 0 Å². The second-order valence-electron chi connectivity index (χ2n) is 4.67. The van der Waals surface area contributed by atoms with Crippen LogP contribution in [-0.2, 0) is 9.53 Å². The third-order valence-electron chi connectivity index (χ3n) is 3.10. The lowest BCUT2D eigenvalue weighted by Crippen LogP contribution is -2.44. The average Bonchev–Trinajstić information content (AvgIpc) is 2.26. The summed E-state index contributed by atoms with van der Waals surface area (Å²) in [4.78, 5) is 13.2. The Labute approximate surface area is 91.2 Å². The maximum Gasteiger partial charge on any atom is 0.306 e. The van der Waals surface area contributed by atoms with Crippen molar-refractivity contribution in [1.29, 1.82) is 0 Å². The normalized spacial score (nSPS) is 27.7. The summed E-state index contributed by atoms with van der Waals surface area (Å²) in [5.74, 6) is -0.161. The molecule has 0 aliphatic carbocycles. The van der Waals surface area contributed by atoms with Crippen molar-refractivity contribution >= 4 is 5.97 Å². The molecule has 1 unspecified atom stereocenters. The highest BCUT2D eigenvalue weighted by atomic mass is 16.5. The average molecular weight is 215 g/mol. The third-order valence-corrected chi connectivity index (χ3v) is 3.10. The molecule has 0 saturated carbocycles. The maximum atomic E-state index is 11.0. The van der Waals surface area contributed by atoms with Gasteiger partial charge in [-0.1, -0.05) is 6.92 Å². The lowest BCUT2D eigenvalue weighted by molar-refractivity contribution is -0.141. The monoisotopic (exact) mass is 215 g/mol. The number of aliphatic hydroxyl groups is 1. The number of ether oxygens (including phenoxy) is 1. The number of rotatable bonds is 4. The molecule has 1 N–H and O–H groups in total. The van der Waals surface area contributed by atoms with Crippen molar-refractivity contribution < 1.29 is 14.6 Å². The molecule has 15 heavy (non-hydrogen) atoms. The molecule has 1 heterocycles. The number of piperidine rings is 1. The second kappa shape index (κ2) is 5.47. The van der Waals surface area contributed by atoms with E-state index < -0.39 is 0 Å². The minimum atomic E-state index is -0.161. The van der Waals surface area contributed by atoms with Crippen LogP contribution in [0, 0.1) is 5.41 Å². The molecule has 1 fully saturated rings. The van der Waals surface area contributed by atoms with Crippen LogP contribution in [0.2, 0.25) is 0 Å². The first kappa shape index (κ1) is 12.5. The summed E-state index contributed by atoms with van der Waals surface area (Å²) < 4.78 is 4.60. The van der Waals surface area contributed by atoms with Gasteiger partial charge in [0, 0.05) is 25.1 Å². The van der Waals surface area contributed by atoms with E-state index in [2.05, 4.69) is 16.6 Å². The Balaban J connectivity index is 2.33. The van der Waals surface area contributed by atoms with Crippen LogP contribution in [0.4, 0.5) is 0 Å². The number of hydrogen-bond acceptors (Lipinski definition) is 4. The molecule has 4 heteroatoms. The van der Waals surface area contributed by atoms with Crippen LogP contribution >= 0.6 is 0 Å². The number of nitrogens with zero attached hydrogens (tertiary/aromatic N) is 1. The zero-order chi connectivity index (χ0) is 11.3. The van der Waals surface area contributed by atoms with Crippen molar-refractivity contribution in [3.63, 3.8) is 0 Å². The summed E-state index contributed by atoms with van der Waals surface area (Å²) in [6.45, 7) is 4.95. The van der Waals surface area contributed by atoms with Gasteiger partial charge in [0.1, 0.15) is 0 Å². The highest BCUT2D eigenvalue weighted by molar-refractivity contribution is 5.69. The van der Waals surface area contributed by atoms with Gasteiger partial charge < -0.3 is 14.7 Å². The highest BCUT2D eigenvalue weighted by Gasteiger charge is 2.30. The Hall–Kier alpha value is -0.610. The van der Waals surface area contributed by atoms with Crippen LogP contribution in [-0.4, -0.2) is 49.3 Å². The van der Waals surface area contributed by atoms with Gasteiger partial charge in [0.05, 0.1) is 13.5 Å². The summed E-state index contributed by atoms with van der Waals surface area (Å²) in [6.07, 6.45) is 2.61. The van der Waals surface area contributed by atoms with Gasteiger partial charge in [-0.15, -0.1) is 0 Å². The first-order valence-electron chi connectivity index (χ1n) is 5.50. The molecule has 4 nitrogen and oxygen atoms in total. The van der Waals surface area contributed by atoms with Gasteiger partial charge in [-0.2, -0.15) is 0 Å². The molecule has 1 aliphatic rings. The molecule has 0 bridgehead atoms. The summed E-state index contributed by atoms with van der Waals surface area (Å²) in [6, 6.07) is 0. The van der Waals surface area contributed by atoms with Gasteiger partial charge in [0.2, 0.25) is 0 Å². The Morgan fingerprint density at radius 3 is 2.93 bits per heavy atom. The van der Waals surface area contributed by atoms with E-state index in [-0.39, 0.29) is 18.0 Å². The molecule has 1 atom stereocenters. The molecule has 1 aliphatic heterocycles. The first-order chi connectivity index (χ1) is 7.09. The van der Waals surface area contributed by atoms with Gasteiger partial charge in [-0.05, 0) is 19.4 Å². The number of aliphatic hydroxyl groups excluding tert-OH is 1. The first-order valence-corrected chi connectivity index (χ1v) is 5.50. The fourth-order valence-electron chi connectivity index (χ4n) is 2.10. The molecule has 0 aromatic rings. The Morgan fingerprint density at radius 1 is 1.60 bits per heavy atom. The molecule has 1 rings (SSSR count). The molecule has 1 saturated heterocycles. The van der Waals surface area contributed by atoms with Gasteiger partial charge in [0.15, 0.2) is 0 Å². The fraction of sp³-hybridized carbons (Fsp3) is 0.909. The summed E-state index contributed by atoms with van der Waals surface area (Å²) in [5.41, 5.74) is 0.00830. The lowest BCUT2D eigenvalue weighted by atomic mass is 9.83. The van der Waals surface area contributed by atoms with Crippen molar-refractivity contribution in [3.05, 3.63) is 0 Å². The van der Waals surface area contributed by atoms with E-state index in [1.807, 2.05) is 0 Å². The summed E-state index contributed by atoms with van der Waals surface area (Å²) in [5, 5.41) is 9.27. The molecule has 0 amide bonds. The van der Waals surface area contributed by atoms with Crippen LogP contribution in [0.3, 0.4) is 0 Å².